The molecule has 1 saturated heterocycles. The van der Waals surface area contributed by atoms with Crippen molar-refractivity contribution in [2.24, 2.45) is 0 Å². The standard InChI is InChI=1S/C19H21N3O/c1-23-16-6-4-5-15(13-16)14-9-11-22(12-10-14)19-20-17-7-2-3-8-18(17)21-19/h2-8,13-14H,9-12H2,1H3,(H,20,21). The Labute approximate surface area is 136 Å². The number of benzene rings is 2. The number of anilines is 1. The number of nitrogens with one attached hydrogen (secondary N) is 1. The molecule has 1 aromatic heterocycles. The van der Waals surface area contributed by atoms with E-state index in [0.29, 0.717) is 5.92 Å². The van der Waals surface area contributed by atoms with Gasteiger partial charge in [-0.2, -0.15) is 0 Å². The third-order valence-electron chi connectivity index (χ3n) is 4.74. The van der Waals surface area contributed by atoms with Gasteiger partial charge in [0.15, 0.2) is 0 Å². The zero-order valence-electron chi connectivity index (χ0n) is 13.3. The Kier molecular flexibility index (Phi) is 3.66. The van der Waals surface area contributed by atoms with Crippen molar-refractivity contribution in [3.8, 4) is 5.75 Å². The van der Waals surface area contributed by atoms with Gasteiger partial charge >= 0.3 is 0 Å². The third kappa shape index (κ3) is 2.77. The molecule has 3 aromatic rings. The van der Waals surface area contributed by atoms with Gasteiger partial charge in [0.2, 0.25) is 5.95 Å². The minimum Gasteiger partial charge on any atom is -0.497 e. The van der Waals surface area contributed by atoms with Gasteiger partial charge in [-0.05, 0) is 48.6 Å². The van der Waals surface area contributed by atoms with Crippen LogP contribution >= 0.6 is 0 Å². The number of rotatable bonds is 3. The number of methoxy groups -OCH3 is 1. The Bertz CT molecular complexity index is 770. The van der Waals surface area contributed by atoms with E-state index in [1.807, 2.05) is 18.2 Å². The monoisotopic (exact) mass is 307 g/mol. The van der Waals surface area contributed by atoms with Gasteiger partial charge in [0.1, 0.15) is 5.75 Å². The minimum absolute atomic E-state index is 0.603. The number of piperidine rings is 1. The molecule has 0 aliphatic carbocycles. The predicted octanol–water partition coefficient (Wildman–Crippen LogP) is 3.96. The van der Waals surface area contributed by atoms with Crippen LogP contribution in [-0.4, -0.2) is 30.2 Å². The zero-order valence-corrected chi connectivity index (χ0v) is 13.3. The number of aromatic amines is 1. The van der Waals surface area contributed by atoms with Crippen LogP contribution in [0.1, 0.15) is 24.3 Å². The fraction of sp³-hybridized carbons (Fsp3) is 0.316. The maximum atomic E-state index is 5.34. The van der Waals surface area contributed by atoms with Gasteiger partial charge in [-0.3, -0.25) is 0 Å². The van der Waals surface area contributed by atoms with Crippen LogP contribution in [0.5, 0.6) is 5.75 Å². The van der Waals surface area contributed by atoms with E-state index >= 15 is 0 Å². The summed E-state index contributed by atoms with van der Waals surface area (Å²) in [6, 6.07) is 16.7. The molecule has 1 N–H and O–H groups in total. The smallest absolute Gasteiger partial charge is 0.203 e. The van der Waals surface area contributed by atoms with E-state index in [-0.39, 0.29) is 0 Å². The SMILES string of the molecule is COc1cccc(C2CCN(c3nc4ccccc4[nH]3)CC2)c1. The molecule has 4 nitrogen and oxygen atoms in total. The van der Waals surface area contributed by atoms with Crippen molar-refractivity contribution in [1.82, 2.24) is 9.97 Å². The van der Waals surface area contributed by atoms with Gasteiger partial charge < -0.3 is 14.6 Å². The van der Waals surface area contributed by atoms with Gasteiger partial charge in [-0.1, -0.05) is 24.3 Å². The van der Waals surface area contributed by atoms with E-state index in [4.69, 9.17) is 9.72 Å². The maximum absolute atomic E-state index is 5.34. The number of imidazole rings is 1. The van der Waals surface area contributed by atoms with Crippen LogP contribution in [0.15, 0.2) is 48.5 Å². The van der Waals surface area contributed by atoms with Crippen LogP contribution in [-0.2, 0) is 0 Å². The van der Waals surface area contributed by atoms with Gasteiger partial charge in [0.25, 0.3) is 0 Å². The van der Waals surface area contributed by atoms with Crippen LogP contribution < -0.4 is 9.64 Å². The summed E-state index contributed by atoms with van der Waals surface area (Å²) in [5, 5.41) is 0. The summed E-state index contributed by atoms with van der Waals surface area (Å²) in [4.78, 5) is 10.5. The molecule has 0 saturated carbocycles. The molecular formula is C19H21N3O. The molecule has 4 heteroatoms. The normalized spacial score (nSPS) is 16.0. The van der Waals surface area contributed by atoms with Crippen LogP contribution in [0, 0.1) is 0 Å². The van der Waals surface area contributed by atoms with E-state index in [1.54, 1.807) is 7.11 Å². The predicted molar refractivity (Wildman–Crippen MR) is 93.3 cm³/mol. The number of fused-ring (bicyclic) bond motifs is 1. The molecule has 4 rings (SSSR count). The summed E-state index contributed by atoms with van der Waals surface area (Å²) in [5.74, 6) is 2.54. The van der Waals surface area contributed by atoms with Gasteiger partial charge in [-0.25, -0.2) is 4.98 Å². The van der Waals surface area contributed by atoms with Crippen LogP contribution in [0.4, 0.5) is 5.95 Å². The molecule has 118 valence electrons. The van der Waals surface area contributed by atoms with E-state index in [0.717, 1.165) is 48.7 Å². The number of hydrogen-bond acceptors (Lipinski definition) is 3. The van der Waals surface area contributed by atoms with E-state index < -0.39 is 0 Å². The molecule has 0 atom stereocenters. The van der Waals surface area contributed by atoms with Crippen LogP contribution in [0.3, 0.4) is 0 Å². The Hall–Kier alpha value is -2.49. The highest BCUT2D eigenvalue weighted by Crippen LogP contribution is 2.31. The van der Waals surface area contributed by atoms with E-state index in [9.17, 15) is 0 Å². The number of nitrogens with zero attached hydrogens (tertiary/aromatic N) is 2. The van der Waals surface area contributed by atoms with Gasteiger partial charge in [0.05, 0.1) is 18.1 Å². The first-order valence-corrected chi connectivity index (χ1v) is 8.17. The molecule has 0 spiro atoms. The lowest BCUT2D eigenvalue weighted by molar-refractivity contribution is 0.412. The molecule has 0 radical (unpaired) electrons. The first kappa shape index (κ1) is 14.1. The molecule has 1 aliphatic rings. The summed E-state index contributed by atoms with van der Waals surface area (Å²) in [6.07, 6.45) is 2.29. The highest BCUT2D eigenvalue weighted by Gasteiger charge is 2.22. The number of hydrogen-bond donors (Lipinski definition) is 1. The highest BCUT2D eigenvalue weighted by molar-refractivity contribution is 5.77. The van der Waals surface area contributed by atoms with Crippen molar-refractivity contribution < 1.29 is 4.74 Å². The van der Waals surface area contributed by atoms with E-state index in [1.165, 1.54) is 5.56 Å². The van der Waals surface area contributed by atoms with Crippen molar-refractivity contribution in [2.45, 2.75) is 18.8 Å². The van der Waals surface area contributed by atoms with Gasteiger partial charge in [-0.15, -0.1) is 0 Å². The zero-order chi connectivity index (χ0) is 15.6. The number of H-pyrrole nitrogens is 1. The summed E-state index contributed by atoms with van der Waals surface area (Å²) >= 11 is 0. The molecule has 0 bridgehead atoms. The fourth-order valence-corrected chi connectivity index (χ4v) is 3.41. The minimum atomic E-state index is 0.603. The lowest BCUT2D eigenvalue weighted by atomic mass is 9.89. The summed E-state index contributed by atoms with van der Waals surface area (Å²) in [6.45, 7) is 2.06. The largest absolute Gasteiger partial charge is 0.497 e. The Morgan fingerprint density at radius 3 is 2.70 bits per heavy atom. The van der Waals surface area contributed by atoms with Gasteiger partial charge in [0, 0.05) is 13.1 Å². The second kappa shape index (κ2) is 5.95. The second-order valence-electron chi connectivity index (χ2n) is 6.12. The summed E-state index contributed by atoms with van der Waals surface area (Å²) in [7, 11) is 1.73. The average Bonchev–Trinajstić information content (AvgIpc) is 3.06. The first-order chi connectivity index (χ1) is 11.3. The quantitative estimate of drug-likeness (QED) is 0.796. The van der Waals surface area contributed by atoms with Crippen LogP contribution in [0.2, 0.25) is 0 Å². The molecule has 1 aliphatic heterocycles. The molecule has 2 heterocycles. The second-order valence-corrected chi connectivity index (χ2v) is 6.12. The summed E-state index contributed by atoms with van der Waals surface area (Å²) in [5.41, 5.74) is 3.53. The maximum Gasteiger partial charge on any atom is 0.203 e. The molecule has 0 unspecified atom stereocenters. The van der Waals surface area contributed by atoms with Crippen LogP contribution in [0.25, 0.3) is 11.0 Å². The molecule has 2 aromatic carbocycles. The lowest BCUT2D eigenvalue weighted by Crippen LogP contribution is -2.33. The molecule has 0 amide bonds. The highest BCUT2D eigenvalue weighted by atomic mass is 16.5. The summed E-state index contributed by atoms with van der Waals surface area (Å²) < 4.78 is 5.34. The fourth-order valence-electron chi connectivity index (χ4n) is 3.41. The lowest BCUT2D eigenvalue weighted by Gasteiger charge is -2.32. The average molecular weight is 307 g/mol. The number of ether oxygens (including phenoxy) is 1. The Morgan fingerprint density at radius 2 is 1.91 bits per heavy atom. The third-order valence-corrected chi connectivity index (χ3v) is 4.74. The first-order valence-electron chi connectivity index (χ1n) is 8.17. The van der Waals surface area contributed by atoms with Crippen molar-refractivity contribution in [3.05, 3.63) is 54.1 Å². The van der Waals surface area contributed by atoms with Crippen molar-refractivity contribution >= 4 is 17.0 Å². The Balaban J connectivity index is 1.48. The topological polar surface area (TPSA) is 41.1 Å². The molecule has 23 heavy (non-hydrogen) atoms. The molecular weight excluding hydrogens is 286 g/mol. The van der Waals surface area contributed by atoms with E-state index in [2.05, 4.69) is 40.2 Å². The molecule has 1 fully saturated rings. The number of aromatic nitrogens is 2. The number of para-hydroxylation sites is 2. The van der Waals surface area contributed by atoms with Crippen molar-refractivity contribution in [2.75, 3.05) is 25.1 Å². The van der Waals surface area contributed by atoms with Crippen molar-refractivity contribution in [1.29, 1.82) is 0 Å². The van der Waals surface area contributed by atoms with Crippen molar-refractivity contribution in [3.63, 3.8) is 0 Å². The Morgan fingerprint density at radius 1 is 1.09 bits per heavy atom.